The fraction of sp³-hybridized carbons (Fsp3) is 0.133. The molecular formula is C15H12ClN5O3S. The number of aromatic nitrogens is 1. The summed E-state index contributed by atoms with van der Waals surface area (Å²) in [6, 6.07) is 9.83. The van der Waals surface area contributed by atoms with E-state index >= 15 is 0 Å². The Bertz CT molecular complexity index is 958. The highest BCUT2D eigenvalue weighted by molar-refractivity contribution is 8.13. The van der Waals surface area contributed by atoms with Crippen molar-refractivity contribution >= 4 is 42.9 Å². The molecule has 10 heteroatoms. The quantitative estimate of drug-likeness (QED) is 0.603. The van der Waals surface area contributed by atoms with Crippen molar-refractivity contribution in [3.8, 4) is 0 Å². The van der Waals surface area contributed by atoms with Crippen molar-refractivity contribution in [2.24, 2.45) is 15.3 Å². The van der Waals surface area contributed by atoms with Gasteiger partial charge in [0.25, 0.3) is 15.0 Å². The van der Waals surface area contributed by atoms with Crippen molar-refractivity contribution in [1.29, 1.82) is 0 Å². The van der Waals surface area contributed by atoms with Crippen molar-refractivity contribution < 1.29 is 13.2 Å². The largest absolute Gasteiger partial charge is 0.280 e. The van der Waals surface area contributed by atoms with Crippen LogP contribution in [0.4, 0.5) is 11.5 Å². The first-order valence-corrected chi connectivity index (χ1v) is 9.43. The minimum absolute atomic E-state index is 0.0587. The number of anilines is 1. The molecule has 0 radical (unpaired) electrons. The van der Waals surface area contributed by atoms with E-state index in [4.69, 9.17) is 10.7 Å². The van der Waals surface area contributed by atoms with E-state index in [2.05, 4.69) is 20.3 Å². The summed E-state index contributed by atoms with van der Waals surface area (Å²) < 4.78 is 22.6. The fourth-order valence-electron chi connectivity index (χ4n) is 2.15. The number of nitrogens with zero attached hydrogens (tertiary/aromatic N) is 5. The van der Waals surface area contributed by atoms with Crippen molar-refractivity contribution in [2.75, 3.05) is 5.01 Å². The number of benzene rings is 1. The lowest BCUT2D eigenvalue weighted by atomic mass is 10.2. The van der Waals surface area contributed by atoms with Gasteiger partial charge in [-0.15, -0.1) is 5.11 Å². The van der Waals surface area contributed by atoms with Gasteiger partial charge in [0, 0.05) is 16.9 Å². The van der Waals surface area contributed by atoms with Gasteiger partial charge in [-0.2, -0.15) is 15.2 Å². The Morgan fingerprint density at radius 3 is 2.48 bits per heavy atom. The number of rotatable bonds is 4. The van der Waals surface area contributed by atoms with Crippen LogP contribution in [0.2, 0.25) is 0 Å². The number of pyridine rings is 1. The molecule has 0 bridgehead atoms. The Kier molecular flexibility index (Phi) is 4.60. The third kappa shape index (κ3) is 3.72. The SMILES string of the molecule is CC1=NN(c2ccc(S(=O)(=O)Cl)cc2)C(=O)C1N=Nc1ccccn1. The van der Waals surface area contributed by atoms with Crippen LogP contribution in [-0.2, 0) is 13.8 Å². The van der Waals surface area contributed by atoms with Gasteiger partial charge in [0.2, 0.25) is 0 Å². The lowest BCUT2D eigenvalue weighted by Crippen LogP contribution is -2.29. The molecule has 3 rings (SSSR count). The summed E-state index contributed by atoms with van der Waals surface area (Å²) in [5.41, 5.74) is 0.877. The van der Waals surface area contributed by atoms with Gasteiger partial charge in [-0.05, 0) is 43.3 Å². The van der Waals surface area contributed by atoms with E-state index in [1.807, 2.05) is 0 Å². The summed E-state index contributed by atoms with van der Waals surface area (Å²) in [6.07, 6.45) is 1.57. The van der Waals surface area contributed by atoms with Gasteiger partial charge in [0.05, 0.1) is 16.3 Å². The number of azo groups is 1. The molecule has 1 aliphatic rings. The summed E-state index contributed by atoms with van der Waals surface area (Å²) >= 11 is 0. The van der Waals surface area contributed by atoms with E-state index in [1.165, 1.54) is 24.3 Å². The van der Waals surface area contributed by atoms with Crippen molar-refractivity contribution in [1.82, 2.24) is 4.98 Å². The first kappa shape index (κ1) is 17.2. The Hall–Kier alpha value is -2.65. The van der Waals surface area contributed by atoms with Crippen molar-refractivity contribution in [3.05, 3.63) is 48.7 Å². The van der Waals surface area contributed by atoms with Gasteiger partial charge >= 0.3 is 0 Å². The van der Waals surface area contributed by atoms with Crippen LogP contribution in [0, 0.1) is 0 Å². The molecule has 0 spiro atoms. The summed E-state index contributed by atoms with van der Waals surface area (Å²) in [6.45, 7) is 1.66. The van der Waals surface area contributed by atoms with E-state index in [0.29, 0.717) is 17.2 Å². The van der Waals surface area contributed by atoms with Crippen LogP contribution in [0.3, 0.4) is 0 Å². The average Bonchev–Trinajstić information content (AvgIpc) is 2.87. The smallest absolute Gasteiger partial charge is 0.269 e. The number of hydrogen-bond acceptors (Lipinski definition) is 7. The van der Waals surface area contributed by atoms with Crippen molar-refractivity contribution in [2.45, 2.75) is 17.9 Å². The minimum atomic E-state index is -3.82. The molecule has 128 valence electrons. The molecule has 1 aromatic carbocycles. The zero-order valence-corrected chi connectivity index (χ0v) is 14.5. The molecule has 0 saturated carbocycles. The van der Waals surface area contributed by atoms with Gasteiger partial charge in [-0.25, -0.2) is 13.4 Å². The van der Waals surface area contributed by atoms with Crippen LogP contribution < -0.4 is 5.01 Å². The summed E-state index contributed by atoms with van der Waals surface area (Å²) in [5.74, 6) is -0.00289. The van der Waals surface area contributed by atoms with E-state index in [1.54, 1.807) is 31.3 Å². The average molecular weight is 378 g/mol. The third-order valence-corrected chi connectivity index (χ3v) is 4.75. The number of hydrogen-bond donors (Lipinski definition) is 0. The summed E-state index contributed by atoms with van der Waals surface area (Å²) in [7, 11) is 1.45. The van der Waals surface area contributed by atoms with E-state index in [9.17, 15) is 13.2 Å². The second kappa shape index (κ2) is 6.69. The van der Waals surface area contributed by atoms with E-state index < -0.39 is 21.0 Å². The van der Waals surface area contributed by atoms with Crippen LogP contribution in [-0.4, -0.2) is 31.1 Å². The van der Waals surface area contributed by atoms with Crippen LogP contribution in [0.1, 0.15) is 6.92 Å². The molecule has 0 fully saturated rings. The second-order valence-electron chi connectivity index (χ2n) is 5.13. The predicted octanol–water partition coefficient (Wildman–Crippen LogP) is 2.88. The molecular weight excluding hydrogens is 366 g/mol. The first-order chi connectivity index (χ1) is 11.9. The van der Waals surface area contributed by atoms with Gasteiger partial charge in [-0.1, -0.05) is 6.07 Å². The van der Waals surface area contributed by atoms with Gasteiger partial charge in [0.1, 0.15) is 0 Å². The molecule has 0 N–H and O–H groups in total. The number of carbonyl (C=O) groups is 1. The van der Waals surface area contributed by atoms with Crippen LogP contribution >= 0.6 is 10.7 Å². The normalized spacial score (nSPS) is 18.0. The predicted molar refractivity (Wildman–Crippen MR) is 92.6 cm³/mol. The molecule has 0 saturated heterocycles. The Morgan fingerprint density at radius 2 is 1.88 bits per heavy atom. The first-order valence-electron chi connectivity index (χ1n) is 7.12. The lowest BCUT2D eigenvalue weighted by molar-refractivity contribution is -0.117. The molecule has 2 heterocycles. The van der Waals surface area contributed by atoms with E-state index in [-0.39, 0.29) is 4.90 Å². The van der Waals surface area contributed by atoms with Gasteiger partial charge in [-0.3, -0.25) is 4.79 Å². The monoisotopic (exact) mass is 377 g/mol. The maximum absolute atomic E-state index is 12.5. The van der Waals surface area contributed by atoms with Crippen molar-refractivity contribution in [3.63, 3.8) is 0 Å². The maximum Gasteiger partial charge on any atom is 0.280 e. The van der Waals surface area contributed by atoms with Gasteiger partial charge < -0.3 is 0 Å². The lowest BCUT2D eigenvalue weighted by Gasteiger charge is -2.12. The topological polar surface area (TPSA) is 104 Å². The highest BCUT2D eigenvalue weighted by Crippen LogP contribution is 2.25. The van der Waals surface area contributed by atoms with Crippen LogP contribution in [0.15, 0.2) is 68.9 Å². The molecule has 0 aliphatic carbocycles. The molecule has 1 atom stereocenters. The molecule has 8 nitrogen and oxygen atoms in total. The molecule has 1 aromatic heterocycles. The van der Waals surface area contributed by atoms with Crippen LogP contribution in [0.5, 0.6) is 0 Å². The molecule has 1 aliphatic heterocycles. The third-order valence-electron chi connectivity index (χ3n) is 3.38. The second-order valence-corrected chi connectivity index (χ2v) is 7.70. The molecule has 25 heavy (non-hydrogen) atoms. The fourth-order valence-corrected chi connectivity index (χ4v) is 2.92. The minimum Gasteiger partial charge on any atom is -0.269 e. The highest BCUT2D eigenvalue weighted by atomic mass is 35.7. The zero-order valence-electron chi connectivity index (χ0n) is 12.9. The summed E-state index contributed by atoms with van der Waals surface area (Å²) in [4.78, 5) is 16.5. The number of carbonyl (C=O) groups excluding carboxylic acids is 1. The molecule has 1 unspecified atom stereocenters. The number of amides is 1. The molecule has 1 amide bonds. The summed E-state index contributed by atoms with van der Waals surface area (Å²) in [5, 5.41) is 13.3. The number of halogens is 1. The molecule has 2 aromatic rings. The zero-order chi connectivity index (χ0) is 18.0. The van der Waals surface area contributed by atoms with E-state index in [0.717, 1.165) is 5.01 Å². The number of hydrazone groups is 1. The van der Waals surface area contributed by atoms with Gasteiger partial charge in [0.15, 0.2) is 11.9 Å². The Balaban J connectivity index is 1.81. The Morgan fingerprint density at radius 1 is 1.16 bits per heavy atom. The standard InChI is InChI=1S/C15H12ClN5O3S/c1-10-14(19-18-13-4-2-3-9-17-13)15(22)21(20-10)11-5-7-12(8-6-11)25(16,23)24/h2-9,14H,1H3. The Labute approximate surface area is 148 Å². The maximum atomic E-state index is 12.5. The highest BCUT2D eigenvalue weighted by Gasteiger charge is 2.34. The van der Waals surface area contributed by atoms with Crippen LogP contribution in [0.25, 0.3) is 0 Å².